The standard InChI is InChI=1S/C16H22BrN/c1-12(2)18-11-16(9-15(10-16)7-8-15)13-5-3-4-6-14(13)17/h3-6,12,18H,7-11H2,1-2H3. The quantitative estimate of drug-likeness (QED) is 0.876. The third kappa shape index (κ3) is 2.14. The van der Waals surface area contributed by atoms with E-state index in [0.29, 0.717) is 11.5 Å². The van der Waals surface area contributed by atoms with E-state index in [9.17, 15) is 0 Å². The van der Waals surface area contributed by atoms with Gasteiger partial charge in [-0.15, -0.1) is 0 Å². The highest BCUT2D eigenvalue weighted by atomic mass is 79.9. The largest absolute Gasteiger partial charge is 0.314 e. The first-order valence-corrected chi connectivity index (χ1v) is 7.83. The van der Waals surface area contributed by atoms with Crippen molar-refractivity contribution in [1.82, 2.24) is 5.32 Å². The van der Waals surface area contributed by atoms with Crippen LogP contribution >= 0.6 is 15.9 Å². The molecular weight excluding hydrogens is 286 g/mol. The summed E-state index contributed by atoms with van der Waals surface area (Å²) in [7, 11) is 0. The number of nitrogens with one attached hydrogen (secondary N) is 1. The van der Waals surface area contributed by atoms with Crippen molar-refractivity contribution in [2.45, 2.75) is 51.0 Å². The van der Waals surface area contributed by atoms with Gasteiger partial charge in [0.2, 0.25) is 0 Å². The summed E-state index contributed by atoms with van der Waals surface area (Å²) in [6, 6.07) is 9.35. The fourth-order valence-electron chi connectivity index (χ4n) is 3.62. The lowest BCUT2D eigenvalue weighted by Gasteiger charge is -2.50. The van der Waals surface area contributed by atoms with Crippen molar-refractivity contribution < 1.29 is 0 Å². The van der Waals surface area contributed by atoms with Gasteiger partial charge in [0.05, 0.1) is 0 Å². The molecule has 18 heavy (non-hydrogen) atoms. The maximum atomic E-state index is 3.74. The Morgan fingerprint density at radius 3 is 2.44 bits per heavy atom. The number of halogens is 1. The molecule has 2 heteroatoms. The molecule has 0 aromatic heterocycles. The summed E-state index contributed by atoms with van der Waals surface area (Å²) in [5.41, 5.74) is 2.62. The van der Waals surface area contributed by atoms with Gasteiger partial charge in [0, 0.05) is 22.5 Å². The Labute approximate surface area is 118 Å². The van der Waals surface area contributed by atoms with Crippen LogP contribution in [0.25, 0.3) is 0 Å². The minimum absolute atomic E-state index is 0.376. The maximum absolute atomic E-state index is 3.74. The van der Waals surface area contributed by atoms with E-state index in [-0.39, 0.29) is 0 Å². The van der Waals surface area contributed by atoms with Crippen molar-refractivity contribution >= 4 is 15.9 Å². The first-order valence-electron chi connectivity index (χ1n) is 7.04. The molecule has 0 saturated heterocycles. The predicted molar refractivity (Wildman–Crippen MR) is 79.9 cm³/mol. The van der Waals surface area contributed by atoms with Gasteiger partial charge in [-0.1, -0.05) is 48.0 Å². The average molecular weight is 308 g/mol. The van der Waals surface area contributed by atoms with Gasteiger partial charge in [-0.25, -0.2) is 0 Å². The van der Waals surface area contributed by atoms with Gasteiger partial charge in [0.1, 0.15) is 0 Å². The van der Waals surface area contributed by atoms with Gasteiger partial charge < -0.3 is 5.32 Å². The summed E-state index contributed by atoms with van der Waals surface area (Å²) >= 11 is 3.74. The molecule has 2 aliphatic rings. The summed E-state index contributed by atoms with van der Waals surface area (Å²) in [5, 5.41) is 3.66. The van der Waals surface area contributed by atoms with E-state index >= 15 is 0 Å². The molecule has 0 heterocycles. The molecule has 1 aromatic carbocycles. The predicted octanol–water partition coefficient (Wildman–Crippen LogP) is 4.26. The number of benzene rings is 1. The Hall–Kier alpha value is -0.340. The second kappa shape index (κ2) is 4.35. The number of hydrogen-bond donors (Lipinski definition) is 1. The van der Waals surface area contributed by atoms with E-state index < -0.39 is 0 Å². The van der Waals surface area contributed by atoms with Gasteiger partial charge in [0.25, 0.3) is 0 Å². The fourth-order valence-corrected chi connectivity index (χ4v) is 4.32. The zero-order valence-corrected chi connectivity index (χ0v) is 12.9. The molecule has 1 aromatic rings. The molecular formula is C16H22BrN. The molecule has 1 N–H and O–H groups in total. The van der Waals surface area contributed by atoms with Crippen molar-refractivity contribution in [3.05, 3.63) is 34.3 Å². The highest BCUT2D eigenvalue weighted by molar-refractivity contribution is 9.10. The molecule has 2 saturated carbocycles. The van der Waals surface area contributed by atoms with Crippen LogP contribution in [-0.2, 0) is 5.41 Å². The highest BCUT2D eigenvalue weighted by Gasteiger charge is 2.61. The van der Waals surface area contributed by atoms with E-state index in [0.717, 1.165) is 12.0 Å². The average Bonchev–Trinajstić information content (AvgIpc) is 3.05. The molecule has 0 amide bonds. The van der Waals surface area contributed by atoms with E-state index in [1.807, 2.05) is 0 Å². The van der Waals surface area contributed by atoms with Crippen LogP contribution in [0.3, 0.4) is 0 Å². The second-order valence-corrected chi connectivity index (χ2v) is 7.50. The topological polar surface area (TPSA) is 12.0 Å². The smallest absolute Gasteiger partial charge is 0.0213 e. The van der Waals surface area contributed by atoms with Crippen LogP contribution in [0.4, 0.5) is 0 Å². The van der Waals surface area contributed by atoms with Crippen LogP contribution in [-0.4, -0.2) is 12.6 Å². The number of rotatable bonds is 4. The molecule has 0 bridgehead atoms. The van der Waals surface area contributed by atoms with Crippen LogP contribution in [0.2, 0.25) is 0 Å². The van der Waals surface area contributed by atoms with Crippen molar-refractivity contribution in [3.63, 3.8) is 0 Å². The normalized spacial score (nSPS) is 23.1. The minimum atomic E-state index is 0.376. The molecule has 0 unspecified atom stereocenters. The zero-order chi connectivity index (χ0) is 12.8. The van der Waals surface area contributed by atoms with Gasteiger partial charge in [-0.2, -0.15) is 0 Å². The first-order chi connectivity index (χ1) is 8.55. The highest BCUT2D eigenvalue weighted by Crippen LogP contribution is 2.69. The molecule has 98 valence electrons. The Morgan fingerprint density at radius 2 is 1.89 bits per heavy atom. The molecule has 1 spiro atoms. The molecule has 0 aliphatic heterocycles. The monoisotopic (exact) mass is 307 g/mol. The number of hydrogen-bond acceptors (Lipinski definition) is 1. The third-order valence-corrected chi connectivity index (χ3v) is 5.37. The lowest BCUT2D eigenvalue weighted by Crippen LogP contribution is -2.51. The molecule has 3 rings (SSSR count). The lowest BCUT2D eigenvalue weighted by molar-refractivity contribution is 0.113. The van der Waals surface area contributed by atoms with Crippen molar-refractivity contribution in [1.29, 1.82) is 0 Å². The third-order valence-electron chi connectivity index (χ3n) is 4.68. The Kier molecular flexibility index (Phi) is 3.06. The van der Waals surface area contributed by atoms with Gasteiger partial charge >= 0.3 is 0 Å². The molecule has 2 fully saturated rings. The Balaban J connectivity index is 1.84. The van der Waals surface area contributed by atoms with Gasteiger partial charge in [-0.05, 0) is 42.7 Å². The summed E-state index contributed by atoms with van der Waals surface area (Å²) in [6.45, 7) is 5.59. The van der Waals surface area contributed by atoms with Crippen LogP contribution < -0.4 is 5.32 Å². The second-order valence-electron chi connectivity index (χ2n) is 6.65. The fraction of sp³-hybridized carbons (Fsp3) is 0.625. The molecule has 1 nitrogen and oxygen atoms in total. The van der Waals surface area contributed by atoms with E-state index in [1.54, 1.807) is 0 Å². The molecule has 0 radical (unpaired) electrons. The lowest BCUT2D eigenvalue weighted by atomic mass is 9.56. The van der Waals surface area contributed by atoms with Crippen LogP contribution in [0.15, 0.2) is 28.7 Å². The van der Waals surface area contributed by atoms with E-state index in [2.05, 4.69) is 59.4 Å². The van der Waals surface area contributed by atoms with Crippen LogP contribution in [0, 0.1) is 5.41 Å². The van der Waals surface area contributed by atoms with E-state index in [1.165, 1.54) is 35.7 Å². The van der Waals surface area contributed by atoms with Crippen LogP contribution in [0.1, 0.15) is 45.1 Å². The van der Waals surface area contributed by atoms with Crippen molar-refractivity contribution in [2.24, 2.45) is 5.41 Å². The van der Waals surface area contributed by atoms with Crippen molar-refractivity contribution in [2.75, 3.05) is 6.54 Å². The Morgan fingerprint density at radius 1 is 1.22 bits per heavy atom. The SMILES string of the molecule is CC(C)NCC1(c2ccccc2Br)CC2(CC2)C1. The van der Waals surface area contributed by atoms with Gasteiger partial charge in [0.15, 0.2) is 0 Å². The summed E-state index contributed by atoms with van der Waals surface area (Å²) in [4.78, 5) is 0. The van der Waals surface area contributed by atoms with Crippen molar-refractivity contribution in [3.8, 4) is 0 Å². The van der Waals surface area contributed by atoms with E-state index in [4.69, 9.17) is 0 Å². The van der Waals surface area contributed by atoms with Gasteiger partial charge in [-0.3, -0.25) is 0 Å². The van der Waals surface area contributed by atoms with Crippen LogP contribution in [0.5, 0.6) is 0 Å². The first kappa shape index (κ1) is 12.7. The summed E-state index contributed by atoms with van der Waals surface area (Å²) in [5.74, 6) is 0. The Bertz CT molecular complexity index is 440. The molecule has 0 atom stereocenters. The molecule has 2 aliphatic carbocycles. The maximum Gasteiger partial charge on any atom is 0.0213 e. The zero-order valence-electron chi connectivity index (χ0n) is 11.3. The summed E-state index contributed by atoms with van der Waals surface area (Å²) in [6.07, 6.45) is 5.67. The minimum Gasteiger partial charge on any atom is -0.314 e. The summed E-state index contributed by atoms with van der Waals surface area (Å²) < 4.78 is 1.28.